The molecule has 0 saturated heterocycles. The van der Waals surface area contributed by atoms with Crippen LogP contribution in [0, 0.1) is 0 Å². The molecule has 2 atom stereocenters. The van der Waals surface area contributed by atoms with Crippen molar-refractivity contribution in [2.24, 2.45) is 7.05 Å². The summed E-state index contributed by atoms with van der Waals surface area (Å²) in [5, 5.41) is 1.20. The predicted molar refractivity (Wildman–Crippen MR) is 127 cm³/mol. The van der Waals surface area contributed by atoms with E-state index in [1.165, 1.54) is 27.7 Å². The molecule has 0 N–H and O–H groups in total. The van der Waals surface area contributed by atoms with Crippen molar-refractivity contribution < 1.29 is 0 Å². The molecular formula is C27H27N3. The van der Waals surface area contributed by atoms with Crippen LogP contribution < -0.4 is 0 Å². The number of benzene rings is 2. The van der Waals surface area contributed by atoms with E-state index in [1.807, 2.05) is 0 Å². The van der Waals surface area contributed by atoms with Gasteiger partial charge in [0, 0.05) is 35.5 Å². The predicted octanol–water partition coefficient (Wildman–Crippen LogP) is 6.85. The second-order valence-electron chi connectivity index (χ2n) is 8.26. The van der Waals surface area contributed by atoms with Gasteiger partial charge in [0.15, 0.2) is 0 Å². The van der Waals surface area contributed by atoms with Crippen molar-refractivity contribution in [2.75, 3.05) is 0 Å². The summed E-state index contributed by atoms with van der Waals surface area (Å²) in [5.74, 6) is 2.03. The number of pyridine rings is 1. The number of aromatic nitrogens is 3. The first-order chi connectivity index (χ1) is 14.6. The summed E-state index contributed by atoms with van der Waals surface area (Å²) in [6.07, 6.45) is 6.31. The number of aryl methyl sites for hydroxylation is 1. The quantitative estimate of drug-likeness (QED) is 0.371. The number of allylic oxidation sites excluding steroid dienone is 2. The number of imidazole rings is 1. The summed E-state index contributed by atoms with van der Waals surface area (Å²) >= 11 is 0. The molecule has 2 heterocycles. The van der Waals surface area contributed by atoms with Gasteiger partial charge in [-0.2, -0.15) is 0 Å². The second kappa shape index (κ2) is 7.24. The molecule has 3 nitrogen and oxygen atoms in total. The van der Waals surface area contributed by atoms with E-state index in [9.17, 15) is 0 Å². The van der Waals surface area contributed by atoms with Crippen LogP contribution in [0.25, 0.3) is 33.6 Å². The van der Waals surface area contributed by atoms with Crippen molar-refractivity contribution in [3.05, 3.63) is 83.8 Å². The Hall–Kier alpha value is -3.20. The normalized spacial score (nSPS) is 18.5. The third-order valence-electron chi connectivity index (χ3n) is 6.39. The fraction of sp³-hybridized carbons (Fsp3) is 0.259. The molecule has 1 fully saturated rings. The van der Waals surface area contributed by atoms with Crippen molar-refractivity contribution in [3.8, 4) is 0 Å². The van der Waals surface area contributed by atoms with Gasteiger partial charge < -0.3 is 4.57 Å². The molecule has 0 radical (unpaired) electrons. The molecule has 0 bridgehead atoms. The van der Waals surface area contributed by atoms with E-state index in [1.54, 1.807) is 0 Å². The zero-order valence-electron chi connectivity index (χ0n) is 17.9. The van der Waals surface area contributed by atoms with Crippen LogP contribution in [0.3, 0.4) is 0 Å². The average Bonchev–Trinajstić information content (AvgIpc) is 3.50. The molecule has 1 saturated carbocycles. The Morgan fingerprint density at radius 2 is 1.93 bits per heavy atom. The minimum atomic E-state index is 0.423. The number of hydrogen-bond acceptors (Lipinski definition) is 2. The standard InChI is InChI=1S/C27H27N3/c1-5-9-20-19(17(3)6-2)13-15-25-26(20)29-27(30(25)4)22-16-21(22)24-14-12-18-10-7-8-11-23(18)28-24/h5,7-15,21-22H,3,6,16H2,1-2,4H3. The van der Waals surface area contributed by atoms with Gasteiger partial charge in [0.25, 0.3) is 0 Å². The van der Waals surface area contributed by atoms with Crippen molar-refractivity contribution in [3.63, 3.8) is 0 Å². The third kappa shape index (κ3) is 2.97. The van der Waals surface area contributed by atoms with E-state index in [4.69, 9.17) is 9.97 Å². The molecule has 2 unspecified atom stereocenters. The Labute approximate surface area is 177 Å². The SMILES string of the molecule is C=C(CC)c1ccc2c(nc(C3CC3c3ccc4ccccc4n3)n2C)c1C=CC. The fourth-order valence-corrected chi connectivity index (χ4v) is 4.56. The molecule has 2 aromatic carbocycles. The highest BCUT2D eigenvalue weighted by Gasteiger charge is 2.43. The van der Waals surface area contributed by atoms with Gasteiger partial charge in [-0.15, -0.1) is 0 Å². The molecule has 1 aliphatic rings. The smallest absolute Gasteiger partial charge is 0.113 e. The molecule has 0 aliphatic heterocycles. The Morgan fingerprint density at radius 3 is 2.73 bits per heavy atom. The Balaban J connectivity index is 1.55. The molecule has 0 spiro atoms. The van der Waals surface area contributed by atoms with Gasteiger partial charge in [0.05, 0.1) is 16.6 Å². The molecule has 150 valence electrons. The Bertz CT molecular complexity index is 1310. The highest BCUT2D eigenvalue weighted by molar-refractivity contribution is 5.92. The summed E-state index contributed by atoms with van der Waals surface area (Å²) < 4.78 is 2.27. The summed E-state index contributed by atoms with van der Waals surface area (Å²) in [7, 11) is 2.14. The lowest BCUT2D eigenvalue weighted by atomic mass is 9.97. The van der Waals surface area contributed by atoms with Crippen LogP contribution in [0.2, 0.25) is 0 Å². The summed E-state index contributed by atoms with van der Waals surface area (Å²) in [6, 6.07) is 17.1. The molecule has 30 heavy (non-hydrogen) atoms. The minimum absolute atomic E-state index is 0.423. The van der Waals surface area contributed by atoms with Crippen LogP contribution in [0.1, 0.15) is 61.2 Å². The topological polar surface area (TPSA) is 30.7 Å². The van der Waals surface area contributed by atoms with Crippen LogP contribution in [-0.4, -0.2) is 14.5 Å². The second-order valence-corrected chi connectivity index (χ2v) is 8.26. The summed E-state index contributed by atoms with van der Waals surface area (Å²) in [4.78, 5) is 10.1. The zero-order valence-corrected chi connectivity index (χ0v) is 17.9. The minimum Gasteiger partial charge on any atom is -0.331 e. The van der Waals surface area contributed by atoms with E-state index >= 15 is 0 Å². The molecule has 2 aromatic heterocycles. The molecule has 3 heteroatoms. The van der Waals surface area contributed by atoms with Gasteiger partial charge in [-0.3, -0.25) is 4.98 Å². The van der Waals surface area contributed by atoms with Crippen LogP contribution in [0.15, 0.2) is 61.2 Å². The Morgan fingerprint density at radius 1 is 1.10 bits per heavy atom. The number of para-hydroxylation sites is 1. The highest BCUT2D eigenvalue weighted by Crippen LogP contribution is 2.54. The lowest BCUT2D eigenvalue weighted by Gasteiger charge is -2.09. The van der Waals surface area contributed by atoms with E-state index < -0.39 is 0 Å². The lowest BCUT2D eigenvalue weighted by Crippen LogP contribution is -1.97. The van der Waals surface area contributed by atoms with Gasteiger partial charge in [-0.05, 0) is 49.1 Å². The number of rotatable bonds is 5. The fourth-order valence-electron chi connectivity index (χ4n) is 4.56. The zero-order chi connectivity index (χ0) is 20.8. The number of fused-ring (bicyclic) bond motifs is 2. The maximum Gasteiger partial charge on any atom is 0.113 e. The average molecular weight is 394 g/mol. The van der Waals surface area contributed by atoms with Gasteiger partial charge in [-0.1, -0.05) is 56.0 Å². The largest absolute Gasteiger partial charge is 0.331 e. The summed E-state index contributed by atoms with van der Waals surface area (Å²) in [5.41, 5.74) is 8.06. The van der Waals surface area contributed by atoms with Crippen LogP contribution in [-0.2, 0) is 7.05 Å². The molecular weight excluding hydrogens is 366 g/mol. The van der Waals surface area contributed by atoms with E-state index in [-0.39, 0.29) is 0 Å². The van der Waals surface area contributed by atoms with Crippen LogP contribution in [0.4, 0.5) is 0 Å². The number of nitrogens with zero attached hydrogens (tertiary/aromatic N) is 3. The molecule has 5 rings (SSSR count). The summed E-state index contributed by atoms with van der Waals surface area (Å²) in [6.45, 7) is 8.48. The first-order valence-corrected chi connectivity index (χ1v) is 10.8. The van der Waals surface area contributed by atoms with E-state index in [0.29, 0.717) is 11.8 Å². The molecule has 0 amide bonds. The maximum atomic E-state index is 5.15. The van der Waals surface area contributed by atoms with Crippen molar-refractivity contribution >= 4 is 33.6 Å². The number of hydrogen-bond donors (Lipinski definition) is 0. The molecule has 4 aromatic rings. The van der Waals surface area contributed by atoms with E-state index in [2.05, 4.69) is 92.7 Å². The van der Waals surface area contributed by atoms with Crippen molar-refractivity contribution in [2.45, 2.75) is 38.5 Å². The van der Waals surface area contributed by atoms with Gasteiger partial charge in [0.2, 0.25) is 0 Å². The van der Waals surface area contributed by atoms with E-state index in [0.717, 1.165) is 35.3 Å². The van der Waals surface area contributed by atoms with Crippen molar-refractivity contribution in [1.82, 2.24) is 14.5 Å². The molecule has 1 aliphatic carbocycles. The third-order valence-corrected chi connectivity index (χ3v) is 6.39. The van der Waals surface area contributed by atoms with Crippen LogP contribution in [0.5, 0.6) is 0 Å². The highest BCUT2D eigenvalue weighted by atomic mass is 15.1. The Kier molecular flexibility index (Phi) is 4.54. The first-order valence-electron chi connectivity index (χ1n) is 10.8. The maximum absolute atomic E-state index is 5.15. The van der Waals surface area contributed by atoms with Gasteiger partial charge in [0.1, 0.15) is 5.82 Å². The monoisotopic (exact) mass is 393 g/mol. The van der Waals surface area contributed by atoms with Crippen LogP contribution >= 0.6 is 0 Å². The van der Waals surface area contributed by atoms with Gasteiger partial charge in [-0.25, -0.2) is 4.98 Å². The van der Waals surface area contributed by atoms with Crippen molar-refractivity contribution in [1.29, 1.82) is 0 Å². The van der Waals surface area contributed by atoms with Gasteiger partial charge >= 0.3 is 0 Å². The lowest BCUT2D eigenvalue weighted by molar-refractivity contribution is 0.800. The first kappa shape index (κ1) is 18.8.